The summed E-state index contributed by atoms with van der Waals surface area (Å²) in [4.78, 5) is 0. The SMILES string of the molecule is c1ccc(C(C[Si](CC(c2ccccc2)c2ccccc2)CC(c2ccccc2)c2ccccc2)c2ccccc2)cc1. The molecule has 0 heterocycles. The first-order chi connectivity index (χ1) is 21.3. The van der Waals surface area contributed by atoms with E-state index in [4.69, 9.17) is 0 Å². The van der Waals surface area contributed by atoms with E-state index in [0.29, 0.717) is 17.8 Å². The second kappa shape index (κ2) is 14.6. The van der Waals surface area contributed by atoms with Crippen LogP contribution in [-0.2, 0) is 0 Å². The quantitative estimate of drug-likeness (QED) is 0.128. The average Bonchev–Trinajstić information content (AvgIpc) is 3.10. The smallest absolute Gasteiger partial charge is 0.0507 e. The number of hydrogen-bond acceptors (Lipinski definition) is 0. The molecule has 6 aromatic carbocycles. The third-order valence-corrected chi connectivity index (χ3v) is 11.6. The van der Waals surface area contributed by atoms with Gasteiger partial charge in [0.05, 0.1) is 8.80 Å². The Morgan fingerprint density at radius 2 is 0.419 bits per heavy atom. The van der Waals surface area contributed by atoms with Crippen LogP contribution in [0.3, 0.4) is 0 Å². The molecule has 0 aliphatic carbocycles. The molecule has 6 aromatic rings. The van der Waals surface area contributed by atoms with Gasteiger partial charge in [0.15, 0.2) is 0 Å². The van der Waals surface area contributed by atoms with Crippen molar-refractivity contribution in [3.8, 4) is 0 Å². The van der Waals surface area contributed by atoms with Crippen LogP contribution >= 0.6 is 0 Å². The van der Waals surface area contributed by atoms with Crippen molar-refractivity contribution in [2.24, 2.45) is 0 Å². The third kappa shape index (κ3) is 7.49. The zero-order chi connectivity index (χ0) is 29.1. The van der Waals surface area contributed by atoms with E-state index in [0.717, 1.165) is 0 Å². The van der Waals surface area contributed by atoms with E-state index in [2.05, 4.69) is 182 Å². The zero-order valence-electron chi connectivity index (χ0n) is 24.7. The van der Waals surface area contributed by atoms with E-state index in [1.54, 1.807) is 0 Å². The van der Waals surface area contributed by atoms with Crippen LogP contribution in [0.1, 0.15) is 51.1 Å². The van der Waals surface area contributed by atoms with Gasteiger partial charge in [0.2, 0.25) is 0 Å². The number of rotatable bonds is 12. The van der Waals surface area contributed by atoms with Gasteiger partial charge in [0, 0.05) is 17.8 Å². The minimum Gasteiger partial charge on any atom is -0.0622 e. The first-order valence-electron chi connectivity index (χ1n) is 15.5. The molecule has 1 radical (unpaired) electrons. The van der Waals surface area contributed by atoms with Crippen molar-refractivity contribution < 1.29 is 0 Å². The van der Waals surface area contributed by atoms with E-state index < -0.39 is 8.80 Å². The van der Waals surface area contributed by atoms with Crippen molar-refractivity contribution in [3.05, 3.63) is 215 Å². The lowest BCUT2D eigenvalue weighted by molar-refractivity contribution is 0.826. The summed E-state index contributed by atoms with van der Waals surface area (Å²) < 4.78 is 0. The Morgan fingerprint density at radius 3 is 0.581 bits per heavy atom. The fourth-order valence-corrected chi connectivity index (χ4v) is 10.2. The van der Waals surface area contributed by atoms with Crippen LogP contribution < -0.4 is 0 Å². The van der Waals surface area contributed by atoms with Crippen LogP contribution in [0.15, 0.2) is 182 Å². The molecular formula is C42H39Si. The predicted molar refractivity (Wildman–Crippen MR) is 184 cm³/mol. The highest BCUT2D eigenvalue weighted by Gasteiger charge is 2.29. The molecule has 0 saturated carbocycles. The summed E-state index contributed by atoms with van der Waals surface area (Å²) in [6.07, 6.45) is 0. The van der Waals surface area contributed by atoms with Gasteiger partial charge in [-0.25, -0.2) is 0 Å². The van der Waals surface area contributed by atoms with Crippen molar-refractivity contribution in [1.82, 2.24) is 0 Å². The van der Waals surface area contributed by atoms with Crippen molar-refractivity contribution in [1.29, 1.82) is 0 Å². The van der Waals surface area contributed by atoms with Crippen LogP contribution in [0.4, 0.5) is 0 Å². The molecule has 43 heavy (non-hydrogen) atoms. The molecule has 0 aliphatic heterocycles. The molecule has 0 N–H and O–H groups in total. The van der Waals surface area contributed by atoms with Gasteiger partial charge in [-0.05, 0) is 51.5 Å². The highest BCUT2D eigenvalue weighted by molar-refractivity contribution is 6.59. The summed E-state index contributed by atoms with van der Waals surface area (Å²) in [7, 11) is -0.923. The summed E-state index contributed by atoms with van der Waals surface area (Å²) in [6, 6.07) is 70.7. The molecule has 0 atom stereocenters. The van der Waals surface area contributed by atoms with Crippen LogP contribution in [-0.4, -0.2) is 8.80 Å². The molecule has 1 heteroatoms. The van der Waals surface area contributed by atoms with E-state index in [1.807, 2.05) is 0 Å². The summed E-state index contributed by atoms with van der Waals surface area (Å²) in [5.41, 5.74) is 8.52. The molecule has 0 unspecified atom stereocenters. The molecule has 0 amide bonds. The van der Waals surface area contributed by atoms with E-state index in [-0.39, 0.29) is 0 Å². The summed E-state index contributed by atoms with van der Waals surface area (Å²) >= 11 is 0. The second-order valence-corrected chi connectivity index (χ2v) is 14.2. The summed E-state index contributed by atoms with van der Waals surface area (Å²) in [6.45, 7) is 0. The van der Waals surface area contributed by atoms with Gasteiger partial charge in [-0.3, -0.25) is 0 Å². The van der Waals surface area contributed by atoms with Gasteiger partial charge in [-0.15, -0.1) is 0 Å². The van der Waals surface area contributed by atoms with E-state index in [1.165, 1.54) is 51.5 Å². The van der Waals surface area contributed by atoms with E-state index in [9.17, 15) is 0 Å². The average molecular weight is 572 g/mol. The third-order valence-electron chi connectivity index (χ3n) is 8.69. The normalized spacial score (nSPS) is 11.4. The molecule has 0 spiro atoms. The maximum absolute atomic E-state index is 2.33. The number of benzene rings is 6. The molecule has 6 rings (SSSR count). The van der Waals surface area contributed by atoms with Crippen LogP contribution in [0.25, 0.3) is 0 Å². The molecular weight excluding hydrogens is 533 g/mol. The summed E-state index contributed by atoms with van der Waals surface area (Å²) in [5, 5.41) is 0. The van der Waals surface area contributed by atoms with Crippen LogP contribution in [0.2, 0.25) is 18.1 Å². The summed E-state index contributed by atoms with van der Waals surface area (Å²) in [5.74, 6) is 1.11. The topological polar surface area (TPSA) is 0 Å². The van der Waals surface area contributed by atoms with Gasteiger partial charge in [-0.1, -0.05) is 182 Å². The van der Waals surface area contributed by atoms with Crippen molar-refractivity contribution >= 4 is 8.80 Å². The molecule has 0 nitrogen and oxygen atoms in total. The molecule has 0 aromatic heterocycles. The fraction of sp³-hybridized carbons (Fsp3) is 0.143. The maximum atomic E-state index is 2.33. The molecule has 0 fully saturated rings. The Labute approximate surface area is 259 Å². The largest absolute Gasteiger partial charge is 0.0622 e. The lowest BCUT2D eigenvalue weighted by Crippen LogP contribution is -2.24. The Bertz CT molecular complexity index is 1300. The number of hydrogen-bond donors (Lipinski definition) is 0. The second-order valence-electron chi connectivity index (χ2n) is 11.5. The highest BCUT2D eigenvalue weighted by Crippen LogP contribution is 2.40. The van der Waals surface area contributed by atoms with Gasteiger partial charge in [0.25, 0.3) is 0 Å². The first-order valence-corrected chi connectivity index (χ1v) is 17.6. The van der Waals surface area contributed by atoms with Crippen molar-refractivity contribution in [3.63, 3.8) is 0 Å². The Kier molecular flexibility index (Phi) is 9.74. The van der Waals surface area contributed by atoms with Gasteiger partial charge >= 0.3 is 0 Å². The minimum absolute atomic E-state index is 0.371. The monoisotopic (exact) mass is 571 g/mol. The van der Waals surface area contributed by atoms with Crippen molar-refractivity contribution in [2.75, 3.05) is 0 Å². The van der Waals surface area contributed by atoms with Crippen LogP contribution in [0.5, 0.6) is 0 Å². The van der Waals surface area contributed by atoms with Gasteiger partial charge < -0.3 is 0 Å². The highest BCUT2D eigenvalue weighted by atomic mass is 28.3. The van der Waals surface area contributed by atoms with Crippen molar-refractivity contribution in [2.45, 2.75) is 35.9 Å². The standard InChI is InChI=1S/C42H39Si/c1-7-19-34(20-8-1)40(35-21-9-2-10-22-35)31-43(32-41(36-23-11-3-12-24-36)37-25-13-4-14-26-37)33-42(38-27-15-5-16-28-38)39-29-17-6-18-30-39/h1-30,40-42H,31-33H2. The van der Waals surface area contributed by atoms with Crippen LogP contribution in [0, 0.1) is 0 Å². The predicted octanol–water partition coefficient (Wildman–Crippen LogP) is 11.0. The molecule has 211 valence electrons. The van der Waals surface area contributed by atoms with Gasteiger partial charge in [-0.2, -0.15) is 0 Å². The Morgan fingerprint density at radius 1 is 0.256 bits per heavy atom. The minimum atomic E-state index is -0.923. The van der Waals surface area contributed by atoms with Gasteiger partial charge in [0.1, 0.15) is 0 Å². The zero-order valence-corrected chi connectivity index (χ0v) is 25.7. The van der Waals surface area contributed by atoms with E-state index >= 15 is 0 Å². The molecule has 0 bridgehead atoms. The maximum Gasteiger partial charge on any atom is 0.0507 e. The lowest BCUT2D eigenvalue weighted by atomic mass is 9.92. The molecule has 0 saturated heterocycles. The molecule has 0 aliphatic rings. The fourth-order valence-electron chi connectivity index (χ4n) is 6.51. The Hall–Kier alpha value is -4.46. The first kappa shape index (κ1) is 28.6. The Balaban J connectivity index is 1.43. The lowest BCUT2D eigenvalue weighted by Gasteiger charge is -2.30.